The van der Waals surface area contributed by atoms with Crippen LogP contribution >= 0.6 is 0 Å². The highest BCUT2D eigenvalue weighted by Gasteiger charge is 2.23. The van der Waals surface area contributed by atoms with Crippen LogP contribution < -0.4 is 10.5 Å². The van der Waals surface area contributed by atoms with Gasteiger partial charge in [-0.1, -0.05) is 0 Å². The molecule has 2 heterocycles. The van der Waals surface area contributed by atoms with Crippen LogP contribution in [0.15, 0.2) is 42.2 Å². The zero-order valence-corrected chi connectivity index (χ0v) is 16.7. The number of benzene rings is 2. The monoisotopic (exact) mass is 411 g/mol. The van der Waals surface area contributed by atoms with Gasteiger partial charge in [-0.25, -0.2) is 8.78 Å². The fraction of sp³-hybridized carbons (Fsp3) is 0.261. The summed E-state index contributed by atoms with van der Waals surface area (Å²) in [4.78, 5) is 17.0. The molecule has 0 bridgehead atoms. The molecule has 0 unspecified atom stereocenters. The van der Waals surface area contributed by atoms with Crippen LogP contribution in [0.2, 0.25) is 0 Å². The average Bonchev–Trinajstić information content (AvgIpc) is 3.13. The van der Waals surface area contributed by atoms with Gasteiger partial charge in [0.1, 0.15) is 12.4 Å². The summed E-state index contributed by atoms with van der Waals surface area (Å²) in [7, 11) is 0. The molecule has 1 aromatic heterocycles. The fourth-order valence-electron chi connectivity index (χ4n) is 3.94. The minimum atomic E-state index is -0.623. The molecule has 3 aromatic rings. The third kappa shape index (κ3) is 3.75. The van der Waals surface area contributed by atoms with E-state index in [4.69, 9.17) is 10.5 Å². The normalized spacial score (nSPS) is 13.0. The summed E-state index contributed by atoms with van der Waals surface area (Å²) in [5.74, 6) is -1.33. The van der Waals surface area contributed by atoms with Crippen molar-refractivity contribution in [3.63, 3.8) is 0 Å². The molecule has 0 saturated heterocycles. The summed E-state index contributed by atoms with van der Waals surface area (Å²) in [6.45, 7) is 3.72. The van der Waals surface area contributed by atoms with Gasteiger partial charge in [-0.2, -0.15) is 0 Å². The maximum atomic E-state index is 14.1. The van der Waals surface area contributed by atoms with Crippen molar-refractivity contribution in [2.45, 2.75) is 19.8 Å². The van der Waals surface area contributed by atoms with Gasteiger partial charge in [0.05, 0.1) is 11.3 Å². The Hall–Kier alpha value is -3.35. The number of nitrogens with zero attached hydrogens (tertiary/aromatic N) is 1. The molecule has 0 atom stereocenters. The molecule has 2 aromatic carbocycles. The smallest absolute Gasteiger partial charge is 0.249 e. The molecule has 3 N–H and O–H groups in total. The van der Waals surface area contributed by atoms with E-state index < -0.39 is 11.7 Å². The average molecular weight is 411 g/mol. The Kier molecular flexibility index (Phi) is 5.44. The number of hydrogen-bond donors (Lipinski definition) is 2. The van der Waals surface area contributed by atoms with Crippen molar-refractivity contribution in [1.29, 1.82) is 0 Å². The number of aryl methyl sites for hydroxylation is 1. The quantitative estimate of drug-likeness (QED) is 0.611. The number of H-pyrrole nitrogens is 1. The lowest BCUT2D eigenvalue weighted by molar-refractivity contribution is 0.0999. The molecule has 1 aliphatic rings. The van der Waals surface area contributed by atoms with Crippen LogP contribution in [0.4, 0.5) is 8.78 Å². The molecule has 30 heavy (non-hydrogen) atoms. The topological polar surface area (TPSA) is 71.3 Å². The van der Waals surface area contributed by atoms with Gasteiger partial charge >= 0.3 is 0 Å². The summed E-state index contributed by atoms with van der Waals surface area (Å²) >= 11 is 0. The molecule has 5 nitrogen and oxygen atoms in total. The lowest BCUT2D eigenvalue weighted by Crippen LogP contribution is -2.29. The molecular formula is C23H23F2N3O2. The van der Waals surface area contributed by atoms with Crippen LogP contribution in [0, 0.1) is 11.6 Å². The standard InChI is InChI=1S/C23H23F2N3O2/c1-2-28(9-3-4-14-12-27-21-8-5-15(24)10-18(14)21)16-11-19-17(23(26)29)6-7-20(25)22(19)30-13-16/h5-8,10-12,27H,2-4,9,13H2,1H3,(H2,26,29). The SMILES string of the molecule is CCN(CCCc1c[nH]c2ccc(F)cc12)C1=Cc2c(C(N)=O)ccc(F)c2OC1. The summed E-state index contributed by atoms with van der Waals surface area (Å²) in [5.41, 5.74) is 8.91. The lowest BCUT2D eigenvalue weighted by Gasteiger charge is -2.29. The summed E-state index contributed by atoms with van der Waals surface area (Å²) in [6, 6.07) is 7.31. The van der Waals surface area contributed by atoms with E-state index in [2.05, 4.69) is 9.88 Å². The number of halogens is 2. The zero-order valence-electron chi connectivity index (χ0n) is 16.7. The fourth-order valence-corrected chi connectivity index (χ4v) is 3.94. The number of primary amides is 1. The van der Waals surface area contributed by atoms with Gasteiger partial charge in [-0.05, 0) is 61.7 Å². The third-order valence-electron chi connectivity index (χ3n) is 5.48. The molecule has 156 valence electrons. The highest BCUT2D eigenvalue weighted by atomic mass is 19.1. The van der Waals surface area contributed by atoms with E-state index in [1.54, 1.807) is 18.2 Å². The summed E-state index contributed by atoms with van der Waals surface area (Å²) in [6.07, 6.45) is 5.33. The van der Waals surface area contributed by atoms with Gasteiger partial charge in [-0.3, -0.25) is 4.79 Å². The Labute approximate surface area is 173 Å². The van der Waals surface area contributed by atoms with Crippen LogP contribution in [0.1, 0.15) is 34.8 Å². The van der Waals surface area contributed by atoms with Gasteiger partial charge < -0.3 is 20.4 Å². The van der Waals surface area contributed by atoms with E-state index in [9.17, 15) is 13.6 Å². The molecule has 0 aliphatic carbocycles. The molecule has 0 spiro atoms. The van der Waals surface area contributed by atoms with Crippen LogP contribution in [-0.4, -0.2) is 35.5 Å². The number of hydrogen-bond acceptors (Lipinski definition) is 3. The number of rotatable bonds is 7. The van der Waals surface area contributed by atoms with E-state index >= 15 is 0 Å². The van der Waals surface area contributed by atoms with Crippen molar-refractivity contribution in [3.05, 3.63) is 70.6 Å². The molecule has 1 aliphatic heterocycles. The zero-order chi connectivity index (χ0) is 21.3. The predicted molar refractivity (Wildman–Crippen MR) is 112 cm³/mol. The Bertz CT molecular complexity index is 1140. The van der Waals surface area contributed by atoms with E-state index in [1.165, 1.54) is 18.2 Å². The Balaban J connectivity index is 1.51. The summed E-state index contributed by atoms with van der Waals surface area (Å²) in [5, 5.41) is 0.897. The largest absolute Gasteiger partial charge is 0.484 e. The van der Waals surface area contributed by atoms with Crippen molar-refractivity contribution in [2.75, 3.05) is 19.7 Å². The predicted octanol–water partition coefficient (Wildman–Crippen LogP) is 4.23. The van der Waals surface area contributed by atoms with E-state index in [0.29, 0.717) is 5.56 Å². The number of nitrogens with two attached hydrogens (primary N) is 1. The van der Waals surface area contributed by atoms with Gasteiger partial charge in [0.25, 0.3) is 0 Å². The number of aromatic nitrogens is 1. The number of carbonyl (C=O) groups is 1. The van der Waals surface area contributed by atoms with E-state index in [0.717, 1.165) is 48.1 Å². The first kappa shape index (κ1) is 19.9. The molecule has 0 saturated carbocycles. The van der Waals surface area contributed by atoms with E-state index in [-0.39, 0.29) is 23.7 Å². The highest BCUT2D eigenvalue weighted by molar-refractivity contribution is 5.98. The number of ether oxygens (including phenoxy) is 1. The molecule has 1 amide bonds. The van der Waals surface area contributed by atoms with Crippen LogP contribution in [0.25, 0.3) is 17.0 Å². The van der Waals surface area contributed by atoms with Crippen molar-refractivity contribution < 1.29 is 18.3 Å². The lowest BCUT2D eigenvalue weighted by atomic mass is 10.0. The van der Waals surface area contributed by atoms with E-state index in [1.807, 2.05) is 13.1 Å². The Morgan fingerprint density at radius 3 is 2.87 bits per heavy atom. The molecule has 7 heteroatoms. The third-order valence-corrected chi connectivity index (χ3v) is 5.48. The number of aromatic amines is 1. The van der Waals surface area contributed by atoms with Gasteiger partial charge in [0.2, 0.25) is 5.91 Å². The number of fused-ring (bicyclic) bond motifs is 2. The van der Waals surface area contributed by atoms with Crippen molar-refractivity contribution in [2.24, 2.45) is 5.73 Å². The van der Waals surface area contributed by atoms with Gasteiger partial charge in [0, 0.05) is 35.8 Å². The number of likely N-dealkylation sites (N-methyl/N-ethyl adjacent to an activating group) is 1. The van der Waals surface area contributed by atoms with Crippen molar-refractivity contribution in [1.82, 2.24) is 9.88 Å². The van der Waals surface area contributed by atoms with Crippen LogP contribution in [-0.2, 0) is 6.42 Å². The maximum absolute atomic E-state index is 14.1. The summed E-state index contributed by atoms with van der Waals surface area (Å²) < 4.78 is 33.3. The first-order valence-electron chi connectivity index (χ1n) is 9.94. The van der Waals surface area contributed by atoms with Crippen molar-refractivity contribution >= 4 is 22.9 Å². The van der Waals surface area contributed by atoms with Crippen LogP contribution in [0.3, 0.4) is 0 Å². The minimum absolute atomic E-state index is 0.0620. The first-order valence-corrected chi connectivity index (χ1v) is 9.94. The van der Waals surface area contributed by atoms with Gasteiger partial charge in [0.15, 0.2) is 11.6 Å². The van der Waals surface area contributed by atoms with Crippen molar-refractivity contribution in [3.8, 4) is 5.75 Å². The number of carbonyl (C=O) groups excluding carboxylic acids is 1. The second-order valence-electron chi connectivity index (χ2n) is 7.31. The maximum Gasteiger partial charge on any atom is 0.249 e. The second-order valence-corrected chi connectivity index (χ2v) is 7.31. The molecule has 0 radical (unpaired) electrons. The molecular weight excluding hydrogens is 388 g/mol. The molecule has 4 rings (SSSR count). The highest BCUT2D eigenvalue weighted by Crippen LogP contribution is 2.33. The van der Waals surface area contributed by atoms with Gasteiger partial charge in [-0.15, -0.1) is 0 Å². The Morgan fingerprint density at radius 2 is 2.10 bits per heavy atom. The van der Waals surface area contributed by atoms with Crippen LogP contribution in [0.5, 0.6) is 5.75 Å². The number of amides is 1. The Morgan fingerprint density at radius 1 is 1.27 bits per heavy atom. The first-order chi connectivity index (χ1) is 14.5. The second kappa shape index (κ2) is 8.18. The number of nitrogens with one attached hydrogen (secondary N) is 1. The molecule has 0 fully saturated rings. The minimum Gasteiger partial charge on any atom is -0.484 e.